The predicted octanol–water partition coefficient (Wildman–Crippen LogP) is 2.62. The zero-order chi connectivity index (χ0) is 11.4. The van der Waals surface area contributed by atoms with Crippen LogP contribution in [0.25, 0.3) is 0 Å². The Balaban J connectivity index is 2.99. The zero-order valence-corrected chi connectivity index (χ0v) is 9.64. The molecule has 0 aromatic heterocycles. The molecule has 1 rings (SSSR count). The summed E-state index contributed by atoms with van der Waals surface area (Å²) in [6.07, 6.45) is 0.688. The number of halogens is 2. The van der Waals surface area contributed by atoms with Crippen LogP contribution in [0.15, 0.2) is 12.1 Å². The first-order valence-electron chi connectivity index (χ1n) is 4.80. The van der Waals surface area contributed by atoms with Crippen molar-refractivity contribution in [3.63, 3.8) is 0 Å². The molecule has 0 radical (unpaired) electrons. The van der Waals surface area contributed by atoms with Gasteiger partial charge < -0.3 is 10.5 Å². The van der Waals surface area contributed by atoms with Crippen LogP contribution < -0.4 is 10.5 Å². The third-order valence-corrected chi connectivity index (χ3v) is 2.58. The van der Waals surface area contributed by atoms with Crippen LogP contribution in [0.4, 0.5) is 4.39 Å². The molecule has 0 bridgehead atoms. The third-order valence-electron chi connectivity index (χ3n) is 2.29. The maximum absolute atomic E-state index is 13.2. The molecule has 1 aromatic carbocycles. The van der Waals surface area contributed by atoms with Gasteiger partial charge in [-0.15, -0.1) is 0 Å². The summed E-state index contributed by atoms with van der Waals surface area (Å²) in [4.78, 5) is 0. The quantitative estimate of drug-likeness (QED) is 0.865. The lowest BCUT2D eigenvalue weighted by Gasteiger charge is -2.13. The van der Waals surface area contributed by atoms with Gasteiger partial charge in [-0.05, 0) is 30.5 Å². The number of rotatable bonds is 4. The molecule has 4 heteroatoms. The maximum Gasteiger partial charge on any atom is 0.142 e. The monoisotopic (exact) mass is 231 g/mol. The minimum Gasteiger partial charge on any atom is -0.496 e. The molecule has 2 nitrogen and oxygen atoms in total. The number of hydrogen-bond donors (Lipinski definition) is 1. The normalized spacial score (nSPS) is 12.6. The summed E-state index contributed by atoms with van der Waals surface area (Å²) < 4.78 is 18.4. The van der Waals surface area contributed by atoms with Crippen molar-refractivity contribution in [2.24, 2.45) is 11.7 Å². The molecule has 2 N–H and O–H groups in total. The van der Waals surface area contributed by atoms with Crippen molar-refractivity contribution in [3.05, 3.63) is 28.5 Å². The van der Waals surface area contributed by atoms with E-state index >= 15 is 0 Å². The van der Waals surface area contributed by atoms with Gasteiger partial charge in [-0.25, -0.2) is 4.39 Å². The summed E-state index contributed by atoms with van der Waals surface area (Å²) in [6, 6.07) is 2.91. The highest BCUT2D eigenvalue weighted by molar-refractivity contribution is 6.30. The average Bonchev–Trinajstić information content (AvgIpc) is 2.22. The van der Waals surface area contributed by atoms with Gasteiger partial charge in [0, 0.05) is 6.07 Å². The van der Waals surface area contributed by atoms with Crippen LogP contribution in [0.3, 0.4) is 0 Å². The minimum atomic E-state index is -0.420. The Bertz CT molecular complexity index is 344. The molecule has 0 aliphatic heterocycles. The number of methoxy groups -OCH3 is 1. The molecule has 1 unspecified atom stereocenters. The molecule has 0 saturated carbocycles. The van der Waals surface area contributed by atoms with Crippen LogP contribution in [0.2, 0.25) is 5.02 Å². The summed E-state index contributed by atoms with van der Waals surface area (Å²) in [5.41, 5.74) is 6.32. The maximum atomic E-state index is 13.2. The lowest BCUT2D eigenvalue weighted by Crippen LogP contribution is -2.13. The molecule has 0 aliphatic rings. The first-order valence-corrected chi connectivity index (χ1v) is 5.18. The van der Waals surface area contributed by atoms with E-state index in [0.29, 0.717) is 24.6 Å². The van der Waals surface area contributed by atoms with Crippen LogP contribution in [0, 0.1) is 11.7 Å². The van der Waals surface area contributed by atoms with Crippen molar-refractivity contribution in [1.29, 1.82) is 0 Å². The van der Waals surface area contributed by atoms with E-state index in [-0.39, 0.29) is 5.02 Å². The van der Waals surface area contributed by atoms with Gasteiger partial charge in [0.2, 0.25) is 0 Å². The molecule has 84 valence electrons. The van der Waals surface area contributed by atoms with Gasteiger partial charge in [0.25, 0.3) is 0 Å². The van der Waals surface area contributed by atoms with E-state index in [1.165, 1.54) is 12.1 Å². The minimum absolute atomic E-state index is 0.0796. The van der Waals surface area contributed by atoms with Crippen LogP contribution >= 0.6 is 11.6 Å². The van der Waals surface area contributed by atoms with Gasteiger partial charge in [-0.1, -0.05) is 18.5 Å². The standard InChI is InChI=1S/C11H15ClFNO/c1-7(6-14)3-8-4-10(13)9(12)5-11(8)15-2/h4-5,7H,3,6,14H2,1-2H3. The van der Waals surface area contributed by atoms with Crippen LogP contribution in [-0.2, 0) is 6.42 Å². The van der Waals surface area contributed by atoms with Gasteiger partial charge >= 0.3 is 0 Å². The molecule has 0 aliphatic carbocycles. The highest BCUT2D eigenvalue weighted by atomic mass is 35.5. The molecule has 0 spiro atoms. The largest absolute Gasteiger partial charge is 0.496 e. The Morgan fingerprint density at radius 1 is 1.53 bits per heavy atom. The third kappa shape index (κ3) is 3.08. The van der Waals surface area contributed by atoms with E-state index in [1.807, 2.05) is 6.92 Å². The Morgan fingerprint density at radius 3 is 2.73 bits per heavy atom. The molecule has 1 aromatic rings. The Hall–Kier alpha value is -0.800. The lowest BCUT2D eigenvalue weighted by molar-refractivity contribution is 0.404. The van der Waals surface area contributed by atoms with E-state index in [9.17, 15) is 4.39 Å². The zero-order valence-electron chi connectivity index (χ0n) is 8.89. The van der Waals surface area contributed by atoms with Gasteiger partial charge in [0.05, 0.1) is 12.1 Å². The molecule has 15 heavy (non-hydrogen) atoms. The van der Waals surface area contributed by atoms with E-state index in [2.05, 4.69) is 0 Å². The fourth-order valence-corrected chi connectivity index (χ4v) is 1.53. The first kappa shape index (κ1) is 12.3. The predicted molar refractivity (Wildman–Crippen MR) is 59.9 cm³/mol. The van der Waals surface area contributed by atoms with Crippen molar-refractivity contribution >= 4 is 11.6 Å². The summed E-state index contributed by atoms with van der Waals surface area (Å²) in [5, 5.41) is 0.0796. The van der Waals surface area contributed by atoms with Crippen LogP contribution in [0.5, 0.6) is 5.75 Å². The molecule has 0 heterocycles. The summed E-state index contributed by atoms with van der Waals surface area (Å²) in [5.74, 6) is 0.484. The second kappa shape index (κ2) is 5.33. The van der Waals surface area contributed by atoms with E-state index in [4.69, 9.17) is 22.1 Å². The van der Waals surface area contributed by atoms with Crippen molar-refractivity contribution in [3.8, 4) is 5.75 Å². The number of ether oxygens (including phenoxy) is 1. The smallest absolute Gasteiger partial charge is 0.142 e. The SMILES string of the molecule is COc1cc(Cl)c(F)cc1CC(C)CN. The highest BCUT2D eigenvalue weighted by Crippen LogP contribution is 2.27. The Kier molecular flexibility index (Phi) is 4.36. The van der Waals surface area contributed by atoms with Crippen LogP contribution in [-0.4, -0.2) is 13.7 Å². The summed E-state index contributed by atoms with van der Waals surface area (Å²) >= 11 is 5.66. The van der Waals surface area contributed by atoms with Gasteiger partial charge in [-0.3, -0.25) is 0 Å². The topological polar surface area (TPSA) is 35.2 Å². The highest BCUT2D eigenvalue weighted by Gasteiger charge is 2.11. The molecular weight excluding hydrogens is 217 g/mol. The van der Waals surface area contributed by atoms with Gasteiger partial charge in [0.15, 0.2) is 0 Å². The Morgan fingerprint density at radius 2 is 2.20 bits per heavy atom. The number of benzene rings is 1. The second-order valence-electron chi connectivity index (χ2n) is 3.62. The van der Waals surface area contributed by atoms with Crippen molar-refractivity contribution in [1.82, 2.24) is 0 Å². The Labute approximate surface area is 94.2 Å². The average molecular weight is 232 g/mol. The first-order chi connectivity index (χ1) is 7.08. The second-order valence-corrected chi connectivity index (χ2v) is 4.03. The number of hydrogen-bond acceptors (Lipinski definition) is 2. The molecule has 0 fully saturated rings. The number of nitrogens with two attached hydrogens (primary N) is 1. The van der Waals surface area contributed by atoms with E-state index < -0.39 is 5.82 Å². The van der Waals surface area contributed by atoms with Crippen LogP contribution in [0.1, 0.15) is 12.5 Å². The van der Waals surface area contributed by atoms with Gasteiger partial charge in [0.1, 0.15) is 11.6 Å². The van der Waals surface area contributed by atoms with Crippen molar-refractivity contribution in [2.45, 2.75) is 13.3 Å². The van der Waals surface area contributed by atoms with Gasteiger partial charge in [-0.2, -0.15) is 0 Å². The fourth-order valence-electron chi connectivity index (χ4n) is 1.38. The summed E-state index contributed by atoms with van der Waals surface area (Å²) in [7, 11) is 1.54. The summed E-state index contributed by atoms with van der Waals surface area (Å²) in [6.45, 7) is 2.57. The molecule has 1 atom stereocenters. The molecular formula is C11H15ClFNO. The van der Waals surface area contributed by atoms with Crippen molar-refractivity contribution in [2.75, 3.05) is 13.7 Å². The van der Waals surface area contributed by atoms with Crippen molar-refractivity contribution < 1.29 is 9.13 Å². The van der Waals surface area contributed by atoms with E-state index in [0.717, 1.165) is 5.56 Å². The lowest BCUT2D eigenvalue weighted by atomic mass is 10.0. The fraction of sp³-hybridized carbons (Fsp3) is 0.455. The molecule has 0 saturated heterocycles. The van der Waals surface area contributed by atoms with E-state index in [1.54, 1.807) is 7.11 Å². The molecule has 0 amide bonds.